The Morgan fingerprint density at radius 1 is 0.646 bits per heavy atom. The van der Waals surface area contributed by atoms with Crippen LogP contribution < -0.4 is 0 Å². The summed E-state index contributed by atoms with van der Waals surface area (Å²) >= 11 is 0. The molecule has 2 saturated heterocycles. The van der Waals surface area contributed by atoms with Crippen LogP contribution in [0.5, 0.6) is 0 Å². The van der Waals surface area contributed by atoms with E-state index in [0.29, 0.717) is 34.6 Å². The van der Waals surface area contributed by atoms with E-state index in [0.717, 1.165) is 36.8 Å². The molecular formula is C37H44O11. The maximum Gasteiger partial charge on any atom is 0.147 e. The minimum Gasteiger partial charge on any atom is -0.396 e. The molecule has 2 aromatic rings. The molecule has 48 heavy (non-hydrogen) atoms. The standard InChI is InChI=1S/C37H44O11/c38-15-14-29-33(42)35(44)31(40)27(47-29)12-8-20-6-10-23-24-11-7-21(9-13-28-32(41)36(45)34(43)30(19-39)48-28)17-26(24)37(46,25(23)16-20)18-22-4-2-1-3-5-22/h6-7,10-11,16-17,22,27-36,38-46H,1-5,14-15,18-19H2/t27-,28-,29-,30-,31-,32-,33-,34-,35-,36-,37?/m1/s1. The molecule has 0 aromatic heterocycles. The summed E-state index contributed by atoms with van der Waals surface area (Å²) in [5, 5.41) is 93.2. The van der Waals surface area contributed by atoms with Crippen LogP contribution in [0.15, 0.2) is 36.4 Å². The number of hydrogen-bond donors (Lipinski definition) is 9. The number of hydrogen-bond acceptors (Lipinski definition) is 11. The summed E-state index contributed by atoms with van der Waals surface area (Å²) in [7, 11) is 0. The Morgan fingerprint density at radius 3 is 1.65 bits per heavy atom. The molecule has 0 amide bonds. The maximum atomic E-state index is 12.6. The van der Waals surface area contributed by atoms with Crippen LogP contribution in [0.25, 0.3) is 11.1 Å². The van der Waals surface area contributed by atoms with Crippen molar-refractivity contribution >= 4 is 0 Å². The van der Waals surface area contributed by atoms with E-state index in [-0.39, 0.29) is 13.0 Å². The Balaban J connectivity index is 1.32. The summed E-state index contributed by atoms with van der Waals surface area (Å²) in [6.07, 6.45) is -7.06. The maximum absolute atomic E-state index is 12.6. The van der Waals surface area contributed by atoms with Crippen molar-refractivity contribution in [2.75, 3.05) is 13.2 Å². The number of aliphatic hydroxyl groups excluding tert-OH is 8. The minimum atomic E-state index is -1.53. The minimum absolute atomic E-state index is 0.0727. The highest BCUT2D eigenvalue weighted by atomic mass is 16.5. The van der Waals surface area contributed by atoms with Crippen molar-refractivity contribution < 1.29 is 55.4 Å². The molecule has 4 aliphatic rings. The number of benzene rings is 2. The molecule has 11 nitrogen and oxygen atoms in total. The summed E-state index contributed by atoms with van der Waals surface area (Å²) in [5.41, 5.74) is 2.80. The van der Waals surface area contributed by atoms with Gasteiger partial charge in [0.2, 0.25) is 0 Å². The van der Waals surface area contributed by atoms with Crippen molar-refractivity contribution in [1.82, 2.24) is 0 Å². The fourth-order valence-electron chi connectivity index (χ4n) is 7.54. The third-order valence-corrected chi connectivity index (χ3v) is 10.3. The zero-order valence-corrected chi connectivity index (χ0v) is 26.5. The molecule has 3 fully saturated rings. The van der Waals surface area contributed by atoms with E-state index in [2.05, 4.69) is 23.7 Å². The Hall–Kier alpha value is -2.88. The molecule has 1 saturated carbocycles. The van der Waals surface area contributed by atoms with Gasteiger partial charge in [-0.05, 0) is 65.3 Å². The molecule has 1 unspecified atom stereocenters. The SMILES string of the molecule is OCC[C@H]1O[C@H](C#Cc2ccc3c(c2)C(O)(CC2CCCCC2)c2cc(C#C[C@H]4O[C@H](CO)[C@@H](O)[C@H](O)[C@@H]4O)ccc2-3)[C@@H](O)[C@@H](O)[C@@H]1O. The molecule has 9 N–H and O–H groups in total. The van der Waals surface area contributed by atoms with Crippen LogP contribution in [0.2, 0.25) is 0 Å². The van der Waals surface area contributed by atoms with Gasteiger partial charge in [-0.1, -0.05) is 67.9 Å². The van der Waals surface area contributed by atoms with E-state index in [9.17, 15) is 46.0 Å². The molecule has 6 rings (SSSR count). The number of aliphatic hydroxyl groups is 9. The topological polar surface area (TPSA) is 201 Å². The van der Waals surface area contributed by atoms with Crippen LogP contribution in [0.1, 0.15) is 67.2 Å². The van der Waals surface area contributed by atoms with Crippen molar-refractivity contribution in [2.24, 2.45) is 5.92 Å². The van der Waals surface area contributed by atoms with Crippen molar-refractivity contribution in [3.05, 3.63) is 58.7 Å². The van der Waals surface area contributed by atoms with Gasteiger partial charge in [-0.15, -0.1) is 0 Å². The zero-order valence-electron chi connectivity index (χ0n) is 26.5. The smallest absolute Gasteiger partial charge is 0.147 e. The van der Waals surface area contributed by atoms with Gasteiger partial charge in [0.05, 0.1) is 12.7 Å². The first-order chi connectivity index (χ1) is 23.0. The zero-order chi connectivity index (χ0) is 34.2. The van der Waals surface area contributed by atoms with Gasteiger partial charge in [-0.2, -0.15) is 0 Å². The first kappa shape index (κ1) is 35.0. The Morgan fingerprint density at radius 2 is 1.15 bits per heavy atom. The van der Waals surface area contributed by atoms with Gasteiger partial charge < -0.3 is 55.4 Å². The Kier molecular flexibility index (Phi) is 10.6. The average molecular weight is 665 g/mol. The normalized spacial score (nSPS) is 36.3. The van der Waals surface area contributed by atoms with Crippen LogP contribution >= 0.6 is 0 Å². The van der Waals surface area contributed by atoms with E-state index in [4.69, 9.17) is 9.47 Å². The third kappa shape index (κ3) is 6.67. The van der Waals surface area contributed by atoms with Crippen LogP contribution in [-0.2, 0) is 15.1 Å². The van der Waals surface area contributed by atoms with Gasteiger partial charge in [-0.3, -0.25) is 0 Å². The molecular weight excluding hydrogens is 620 g/mol. The molecule has 0 bridgehead atoms. The molecule has 0 spiro atoms. The second kappa shape index (κ2) is 14.5. The second-order valence-electron chi connectivity index (χ2n) is 13.5. The van der Waals surface area contributed by atoms with E-state index in [1.54, 1.807) is 12.1 Å². The van der Waals surface area contributed by atoms with Gasteiger partial charge in [0, 0.05) is 17.7 Å². The fraction of sp³-hybridized carbons (Fsp3) is 0.568. The lowest BCUT2D eigenvalue weighted by atomic mass is 9.76. The molecule has 2 aromatic carbocycles. The quantitative estimate of drug-likeness (QED) is 0.189. The van der Waals surface area contributed by atoms with Crippen LogP contribution in [0.3, 0.4) is 0 Å². The number of rotatable bonds is 5. The van der Waals surface area contributed by atoms with Gasteiger partial charge >= 0.3 is 0 Å². The predicted octanol–water partition coefficient (Wildman–Crippen LogP) is -0.349. The fourth-order valence-corrected chi connectivity index (χ4v) is 7.54. The highest BCUT2D eigenvalue weighted by Crippen LogP contribution is 2.52. The van der Waals surface area contributed by atoms with Crippen molar-refractivity contribution in [2.45, 2.75) is 112 Å². The first-order valence-corrected chi connectivity index (χ1v) is 16.7. The summed E-state index contributed by atoms with van der Waals surface area (Å²) in [6.45, 7) is -0.818. The summed E-state index contributed by atoms with van der Waals surface area (Å²) < 4.78 is 11.3. The van der Waals surface area contributed by atoms with E-state index in [1.807, 2.05) is 24.3 Å². The second-order valence-corrected chi connectivity index (χ2v) is 13.5. The van der Waals surface area contributed by atoms with Crippen molar-refractivity contribution in [1.29, 1.82) is 0 Å². The third-order valence-electron chi connectivity index (χ3n) is 10.3. The molecule has 11 atom stereocenters. The van der Waals surface area contributed by atoms with E-state index >= 15 is 0 Å². The lowest BCUT2D eigenvalue weighted by Gasteiger charge is -2.38. The summed E-state index contributed by atoms with van der Waals surface area (Å²) in [4.78, 5) is 0. The van der Waals surface area contributed by atoms with E-state index in [1.165, 1.54) is 6.42 Å². The highest BCUT2D eigenvalue weighted by Gasteiger charge is 2.45. The van der Waals surface area contributed by atoms with E-state index < -0.39 is 73.2 Å². The largest absolute Gasteiger partial charge is 0.396 e. The summed E-state index contributed by atoms with van der Waals surface area (Å²) in [6, 6.07) is 11.0. The number of ether oxygens (including phenoxy) is 2. The monoisotopic (exact) mass is 664 g/mol. The first-order valence-electron chi connectivity index (χ1n) is 16.7. The number of fused-ring (bicyclic) bond motifs is 3. The van der Waals surface area contributed by atoms with Crippen molar-refractivity contribution in [3.63, 3.8) is 0 Å². The van der Waals surface area contributed by atoms with Crippen LogP contribution in [0, 0.1) is 29.6 Å². The average Bonchev–Trinajstić information content (AvgIpc) is 3.33. The molecule has 2 heterocycles. The Labute approximate surface area is 279 Å². The summed E-state index contributed by atoms with van der Waals surface area (Å²) in [5.74, 6) is 12.0. The van der Waals surface area contributed by atoms with Gasteiger partial charge in [0.25, 0.3) is 0 Å². The van der Waals surface area contributed by atoms with Gasteiger partial charge in [-0.25, -0.2) is 0 Å². The van der Waals surface area contributed by atoms with Crippen molar-refractivity contribution in [3.8, 4) is 34.8 Å². The lowest BCUT2D eigenvalue weighted by molar-refractivity contribution is -0.214. The molecule has 0 radical (unpaired) electrons. The van der Waals surface area contributed by atoms with Gasteiger partial charge in [0.15, 0.2) is 0 Å². The molecule has 2 aliphatic carbocycles. The van der Waals surface area contributed by atoms with Crippen LogP contribution in [-0.4, -0.2) is 120 Å². The molecule has 11 heteroatoms. The molecule has 2 aliphatic heterocycles. The molecule has 258 valence electrons. The Bertz CT molecular complexity index is 1580. The van der Waals surface area contributed by atoms with Gasteiger partial charge in [0.1, 0.15) is 60.5 Å². The highest BCUT2D eigenvalue weighted by molar-refractivity contribution is 5.81. The van der Waals surface area contributed by atoms with Crippen LogP contribution in [0.4, 0.5) is 0 Å². The predicted molar refractivity (Wildman–Crippen MR) is 172 cm³/mol. The lowest BCUT2D eigenvalue weighted by Crippen LogP contribution is -2.58.